The van der Waals surface area contributed by atoms with Gasteiger partial charge in [-0.3, -0.25) is 9.59 Å². The van der Waals surface area contributed by atoms with Crippen LogP contribution in [0.4, 0.5) is 0 Å². The zero-order chi connectivity index (χ0) is 26.0. The van der Waals surface area contributed by atoms with Crippen LogP contribution in [-0.2, 0) is 11.2 Å². The zero-order valence-corrected chi connectivity index (χ0v) is 21.8. The number of ether oxygens (including phenoxy) is 2. The van der Waals surface area contributed by atoms with E-state index >= 15 is 0 Å². The third kappa shape index (κ3) is 7.62. The van der Waals surface area contributed by atoms with Gasteiger partial charge in [-0.05, 0) is 73.2 Å². The van der Waals surface area contributed by atoms with Crippen LogP contribution in [0.25, 0.3) is 5.69 Å². The zero-order valence-electron chi connectivity index (χ0n) is 20.2. The van der Waals surface area contributed by atoms with Crippen molar-refractivity contribution >= 4 is 29.3 Å². The van der Waals surface area contributed by atoms with E-state index in [0.717, 1.165) is 10.6 Å². The number of hydrogen-bond donors (Lipinski definition) is 1. The lowest BCUT2D eigenvalue weighted by atomic mass is 10.1. The van der Waals surface area contributed by atoms with Gasteiger partial charge in [-0.1, -0.05) is 41.6 Å². The fourth-order valence-electron chi connectivity index (χ4n) is 3.48. The highest BCUT2D eigenvalue weighted by Gasteiger charge is 2.13. The van der Waals surface area contributed by atoms with E-state index in [1.807, 2.05) is 42.5 Å². The average molecular weight is 536 g/mol. The van der Waals surface area contributed by atoms with E-state index in [0.29, 0.717) is 40.2 Å². The van der Waals surface area contributed by atoms with Gasteiger partial charge in [-0.15, -0.1) is 0 Å². The quantitative estimate of drug-likeness (QED) is 0.267. The fourth-order valence-corrected chi connectivity index (χ4v) is 4.45. The second-order valence-corrected chi connectivity index (χ2v) is 9.52. The van der Waals surface area contributed by atoms with E-state index in [-0.39, 0.29) is 24.3 Å². The van der Waals surface area contributed by atoms with Gasteiger partial charge in [-0.2, -0.15) is 9.78 Å². The number of nitrogens with zero attached hydrogens (tertiary/aromatic N) is 2. The molecule has 9 heteroatoms. The van der Waals surface area contributed by atoms with E-state index in [9.17, 15) is 9.59 Å². The molecule has 0 spiro atoms. The molecule has 0 unspecified atom stereocenters. The predicted octanol–water partition coefficient (Wildman–Crippen LogP) is 5.17. The minimum Gasteiger partial charge on any atom is -0.497 e. The summed E-state index contributed by atoms with van der Waals surface area (Å²) in [7, 11) is 1.58. The number of halogens is 1. The van der Waals surface area contributed by atoms with E-state index < -0.39 is 0 Å². The van der Waals surface area contributed by atoms with Crippen LogP contribution in [-0.4, -0.2) is 35.9 Å². The minimum absolute atomic E-state index is 0.157. The Kier molecular flexibility index (Phi) is 9.24. The minimum atomic E-state index is -0.272. The number of aromatic nitrogens is 2. The molecule has 1 heterocycles. The summed E-state index contributed by atoms with van der Waals surface area (Å²) in [6, 6.07) is 25.6. The first kappa shape index (κ1) is 26.3. The normalized spacial score (nSPS) is 10.6. The fraction of sp³-hybridized carbons (Fsp3) is 0.179. The Morgan fingerprint density at radius 1 is 1.00 bits per heavy atom. The Morgan fingerprint density at radius 2 is 1.73 bits per heavy atom. The molecule has 0 aliphatic heterocycles. The van der Waals surface area contributed by atoms with E-state index in [2.05, 4.69) is 10.4 Å². The van der Waals surface area contributed by atoms with Gasteiger partial charge in [0.1, 0.15) is 23.1 Å². The van der Waals surface area contributed by atoms with Crippen LogP contribution >= 0.6 is 23.4 Å². The van der Waals surface area contributed by atoms with Crippen LogP contribution in [0, 0.1) is 0 Å². The van der Waals surface area contributed by atoms with Crippen molar-refractivity contribution < 1.29 is 14.3 Å². The maximum Gasteiger partial charge on any atom is 0.274 e. The van der Waals surface area contributed by atoms with Gasteiger partial charge in [0, 0.05) is 21.9 Å². The third-order valence-electron chi connectivity index (χ3n) is 5.37. The van der Waals surface area contributed by atoms with Crippen molar-refractivity contribution in [1.82, 2.24) is 15.1 Å². The molecular formula is C28H26ClN3O4S. The summed E-state index contributed by atoms with van der Waals surface area (Å²) in [6.07, 6.45) is 0.440. The third-order valence-corrected chi connectivity index (χ3v) is 6.54. The summed E-state index contributed by atoms with van der Waals surface area (Å²) in [4.78, 5) is 26.7. The Morgan fingerprint density at radius 3 is 2.43 bits per heavy atom. The second kappa shape index (κ2) is 13.0. The first-order valence-electron chi connectivity index (χ1n) is 11.7. The molecule has 0 aliphatic carbocycles. The number of nitrogens with one attached hydrogen (secondary N) is 1. The van der Waals surface area contributed by atoms with Gasteiger partial charge in [0.05, 0.1) is 19.3 Å². The van der Waals surface area contributed by atoms with Gasteiger partial charge >= 0.3 is 0 Å². The molecular weight excluding hydrogens is 510 g/mol. The Balaban J connectivity index is 1.47. The summed E-state index contributed by atoms with van der Waals surface area (Å²) >= 11 is 7.43. The van der Waals surface area contributed by atoms with Gasteiger partial charge in [0.25, 0.3) is 5.56 Å². The summed E-state index contributed by atoms with van der Waals surface area (Å²) in [5.41, 5.74) is 0.830. The van der Waals surface area contributed by atoms with E-state index in [4.69, 9.17) is 21.1 Å². The van der Waals surface area contributed by atoms with Crippen molar-refractivity contribution in [1.29, 1.82) is 0 Å². The summed E-state index contributed by atoms with van der Waals surface area (Å²) in [5.74, 6) is 1.27. The molecule has 0 saturated carbocycles. The van der Waals surface area contributed by atoms with Gasteiger partial charge in [-0.25, -0.2) is 0 Å². The van der Waals surface area contributed by atoms with Gasteiger partial charge < -0.3 is 14.8 Å². The van der Waals surface area contributed by atoms with Crippen molar-refractivity contribution in [3.8, 4) is 17.2 Å². The maximum atomic E-state index is 13.3. The van der Waals surface area contributed by atoms with Gasteiger partial charge in [0.15, 0.2) is 0 Å². The molecule has 0 saturated heterocycles. The summed E-state index contributed by atoms with van der Waals surface area (Å²) in [6.45, 7) is 0.731. The molecule has 0 radical (unpaired) electrons. The second-order valence-electron chi connectivity index (χ2n) is 7.99. The van der Waals surface area contributed by atoms with Crippen LogP contribution in [0.3, 0.4) is 0 Å². The SMILES string of the molecule is COc1ccc(-n2nc(Sc3ccc(Cl)cc3)cc(CCC(=O)NCCOc3ccccc3)c2=O)cc1. The lowest BCUT2D eigenvalue weighted by Crippen LogP contribution is -2.30. The van der Waals surface area contributed by atoms with Crippen LogP contribution in [0.2, 0.25) is 5.02 Å². The maximum absolute atomic E-state index is 13.3. The van der Waals surface area contributed by atoms with Crippen LogP contribution in [0.1, 0.15) is 12.0 Å². The van der Waals surface area contributed by atoms with Gasteiger partial charge in [0.2, 0.25) is 5.91 Å². The molecule has 0 bridgehead atoms. The highest BCUT2D eigenvalue weighted by Crippen LogP contribution is 2.27. The van der Waals surface area contributed by atoms with Crippen molar-refractivity contribution in [3.05, 3.63) is 106 Å². The number of carbonyl (C=O) groups excluding carboxylic acids is 1. The first-order chi connectivity index (χ1) is 18.0. The van der Waals surface area contributed by atoms with E-state index in [1.54, 1.807) is 49.6 Å². The molecule has 37 heavy (non-hydrogen) atoms. The van der Waals surface area contributed by atoms with Crippen LogP contribution in [0.5, 0.6) is 11.5 Å². The number of hydrogen-bond acceptors (Lipinski definition) is 6. The summed E-state index contributed by atoms with van der Waals surface area (Å²) < 4.78 is 12.2. The lowest BCUT2D eigenvalue weighted by molar-refractivity contribution is -0.121. The van der Waals surface area contributed by atoms with Crippen molar-refractivity contribution in [2.75, 3.05) is 20.3 Å². The number of amides is 1. The number of carbonyl (C=O) groups is 1. The number of rotatable bonds is 11. The Hall–Kier alpha value is -3.75. The molecule has 0 atom stereocenters. The molecule has 0 aliphatic rings. The standard InChI is InChI=1S/C28H26ClN3O4S/c1-35-23-12-10-22(11-13-23)32-28(34)20(19-27(31-32)37-25-14-8-21(29)9-15-25)7-16-26(33)30-17-18-36-24-5-3-2-4-6-24/h2-6,8-15,19H,7,16-18H2,1H3,(H,30,33). The number of methoxy groups -OCH3 is 1. The number of aryl methyl sites for hydroxylation is 1. The monoisotopic (exact) mass is 535 g/mol. The predicted molar refractivity (Wildman–Crippen MR) is 145 cm³/mol. The van der Waals surface area contributed by atoms with Crippen LogP contribution < -0.4 is 20.3 Å². The topological polar surface area (TPSA) is 82.5 Å². The lowest BCUT2D eigenvalue weighted by Gasteiger charge is -2.12. The molecule has 4 rings (SSSR count). The molecule has 1 aromatic heterocycles. The molecule has 3 aromatic carbocycles. The molecule has 1 N–H and O–H groups in total. The largest absolute Gasteiger partial charge is 0.497 e. The number of benzene rings is 3. The molecule has 190 valence electrons. The molecule has 0 fully saturated rings. The Bertz CT molecular complexity index is 1380. The summed E-state index contributed by atoms with van der Waals surface area (Å²) in [5, 5.41) is 8.68. The first-order valence-corrected chi connectivity index (χ1v) is 12.9. The highest BCUT2D eigenvalue weighted by molar-refractivity contribution is 7.99. The van der Waals surface area contributed by atoms with Crippen molar-refractivity contribution in [2.24, 2.45) is 0 Å². The Labute approximate surface area is 224 Å². The smallest absolute Gasteiger partial charge is 0.274 e. The van der Waals surface area contributed by atoms with Crippen molar-refractivity contribution in [2.45, 2.75) is 22.8 Å². The van der Waals surface area contributed by atoms with Crippen LogP contribution in [0.15, 0.2) is 99.6 Å². The van der Waals surface area contributed by atoms with Crippen molar-refractivity contribution in [3.63, 3.8) is 0 Å². The molecule has 4 aromatic rings. The molecule has 1 amide bonds. The number of para-hydroxylation sites is 1. The van der Waals surface area contributed by atoms with E-state index in [1.165, 1.54) is 16.4 Å². The average Bonchev–Trinajstić information content (AvgIpc) is 2.93. The molecule has 7 nitrogen and oxygen atoms in total. The highest BCUT2D eigenvalue weighted by atomic mass is 35.5.